The fourth-order valence-electron chi connectivity index (χ4n) is 4.36. The summed E-state index contributed by atoms with van der Waals surface area (Å²) in [7, 11) is 0. The van der Waals surface area contributed by atoms with Crippen LogP contribution in [-0.2, 0) is 17.6 Å². The van der Waals surface area contributed by atoms with Gasteiger partial charge in [-0.3, -0.25) is 9.59 Å². The van der Waals surface area contributed by atoms with E-state index in [4.69, 9.17) is 10.8 Å². The van der Waals surface area contributed by atoms with Crippen molar-refractivity contribution in [3.05, 3.63) is 46.8 Å². The van der Waals surface area contributed by atoms with Crippen molar-refractivity contribution in [1.29, 1.82) is 0 Å². The van der Waals surface area contributed by atoms with Crippen LogP contribution in [0, 0.1) is 6.92 Å². The molecule has 1 aromatic carbocycles. The third-order valence-electron chi connectivity index (χ3n) is 5.74. The van der Waals surface area contributed by atoms with E-state index in [-0.39, 0.29) is 24.3 Å². The van der Waals surface area contributed by atoms with E-state index in [1.807, 2.05) is 21.7 Å². The maximum Gasteiger partial charge on any atom is 0.274 e. The molecule has 2 N–H and O–H groups in total. The van der Waals surface area contributed by atoms with Crippen LogP contribution in [-0.4, -0.2) is 39.1 Å². The van der Waals surface area contributed by atoms with Crippen LogP contribution in [0.5, 0.6) is 0 Å². The predicted octanol–water partition coefficient (Wildman–Crippen LogP) is 2.54. The number of aryl methyl sites for hydroxylation is 1. The summed E-state index contributed by atoms with van der Waals surface area (Å²) >= 11 is 0. The van der Waals surface area contributed by atoms with E-state index in [0.29, 0.717) is 12.2 Å². The maximum atomic E-state index is 13.3. The second-order valence-electron chi connectivity index (χ2n) is 7.69. The molecule has 2 amide bonds. The molecule has 1 aliphatic carbocycles. The van der Waals surface area contributed by atoms with Crippen LogP contribution >= 0.6 is 0 Å². The Balaban J connectivity index is 1.69. The summed E-state index contributed by atoms with van der Waals surface area (Å²) < 4.78 is 1.93. The van der Waals surface area contributed by atoms with Gasteiger partial charge in [0.2, 0.25) is 5.91 Å². The van der Waals surface area contributed by atoms with E-state index < -0.39 is 0 Å². The van der Waals surface area contributed by atoms with Gasteiger partial charge in [-0.2, -0.15) is 5.10 Å². The lowest BCUT2D eigenvalue weighted by Crippen LogP contribution is -2.45. The molecule has 1 fully saturated rings. The first-order chi connectivity index (χ1) is 13.0. The highest BCUT2D eigenvalue weighted by molar-refractivity contribution is 5.95. The second kappa shape index (κ2) is 7.18. The van der Waals surface area contributed by atoms with Gasteiger partial charge in [-0.15, -0.1) is 0 Å². The van der Waals surface area contributed by atoms with Crippen molar-refractivity contribution >= 4 is 11.8 Å². The van der Waals surface area contributed by atoms with Crippen LogP contribution < -0.4 is 5.73 Å². The quantitative estimate of drug-likeness (QED) is 0.903. The number of nitrogens with two attached hydrogens (primary N) is 1. The summed E-state index contributed by atoms with van der Waals surface area (Å²) in [6, 6.07) is 8.11. The van der Waals surface area contributed by atoms with Gasteiger partial charge >= 0.3 is 0 Å². The smallest absolute Gasteiger partial charge is 0.274 e. The minimum Gasteiger partial charge on any atom is -0.370 e. The molecule has 1 aromatic heterocycles. The summed E-state index contributed by atoms with van der Waals surface area (Å²) in [5.41, 5.74) is 10.4. The molecule has 0 spiro atoms. The molecule has 0 saturated carbocycles. The van der Waals surface area contributed by atoms with Crippen LogP contribution in [0.1, 0.15) is 59.4 Å². The maximum absolute atomic E-state index is 13.3. The fraction of sp³-hybridized carbons (Fsp3) is 0.476. The Hall–Kier alpha value is -2.63. The zero-order chi connectivity index (χ0) is 19.0. The average molecular weight is 366 g/mol. The number of fused-ring (bicyclic) bond motifs is 1. The van der Waals surface area contributed by atoms with Crippen LogP contribution in [0.2, 0.25) is 0 Å². The third-order valence-corrected chi connectivity index (χ3v) is 5.74. The molecule has 2 aliphatic rings. The lowest BCUT2D eigenvalue weighted by atomic mass is 9.98. The van der Waals surface area contributed by atoms with Crippen molar-refractivity contribution in [2.75, 3.05) is 6.54 Å². The number of amides is 2. The number of likely N-dealkylation sites (tertiary alicyclic amines) is 1. The minimum atomic E-state index is -0.352. The highest BCUT2D eigenvalue weighted by Crippen LogP contribution is 2.30. The van der Waals surface area contributed by atoms with Gasteiger partial charge in [-0.25, -0.2) is 4.68 Å². The Morgan fingerprint density at radius 1 is 1.15 bits per heavy atom. The molecule has 2 heterocycles. The number of aromatic nitrogens is 2. The molecule has 4 rings (SSSR count). The van der Waals surface area contributed by atoms with Crippen molar-refractivity contribution < 1.29 is 9.59 Å². The average Bonchev–Trinajstić information content (AvgIpc) is 3.24. The molecule has 1 aliphatic heterocycles. The zero-order valence-corrected chi connectivity index (χ0v) is 15.8. The Labute approximate surface area is 159 Å². The number of carbonyl (C=O) groups excluding carboxylic acids is 2. The standard InChI is InChI=1S/C21H26N4O2/c1-14-8-10-15(11-9-14)25-18-7-4-6-17(18)20(23-25)21(27)24-12-3-2-5-16(24)13-19(22)26/h8-11,16H,2-7,12-13H2,1H3,(H2,22,26). The summed E-state index contributed by atoms with van der Waals surface area (Å²) in [4.78, 5) is 26.6. The van der Waals surface area contributed by atoms with E-state index in [0.717, 1.165) is 55.5 Å². The lowest BCUT2D eigenvalue weighted by molar-refractivity contribution is -0.119. The lowest BCUT2D eigenvalue weighted by Gasteiger charge is -2.34. The van der Waals surface area contributed by atoms with Crippen LogP contribution in [0.15, 0.2) is 24.3 Å². The van der Waals surface area contributed by atoms with Crippen LogP contribution in [0.4, 0.5) is 0 Å². The summed E-state index contributed by atoms with van der Waals surface area (Å²) in [5.74, 6) is -0.403. The van der Waals surface area contributed by atoms with Crippen LogP contribution in [0.3, 0.4) is 0 Å². The molecule has 0 radical (unpaired) electrons. The van der Waals surface area contributed by atoms with Crippen molar-refractivity contribution in [2.24, 2.45) is 5.73 Å². The van der Waals surface area contributed by atoms with E-state index in [1.54, 1.807) is 0 Å². The Bertz CT molecular complexity index is 869. The number of benzene rings is 1. The van der Waals surface area contributed by atoms with Gasteiger partial charge < -0.3 is 10.6 Å². The van der Waals surface area contributed by atoms with Gasteiger partial charge in [-0.1, -0.05) is 17.7 Å². The highest BCUT2D eigenvalue weighted by Gasteiger charge is 2.34. The largest absolute Gasteiger partial charge is 0.370 e. The molecule has 2 aromatic rings. The molecule has 6 heteroatoms. The molecular weight excluding hydrogens is 340 g/mol. The molecular formula is C21H26N4O2. The summed E-state index contributed by atoms with van der Waals surface area (Å²) in [5, 5.41) is 4.73. The summed E-state index contributed by atoms with van der Waals surface area (Å²) in [6.07, 6.45) is 5.91. The normalized spacial score (nSPS) is 19.1. The van der Waals surface area contributed by atoms with E-state index in [1.165, 1.54) is 5.56 Å². The number of hydrogen-bond donors (Lipinski definition) is 1. The van der Waals surface area contributed by atoms with Crippen molar-refractivity contribution in [3.8, 4) is 5.69 Å². The number of nitrogens with zero attached hydrogens (tertiary/aromatic N) is 3. The molecule has 0 bridgehead atoms. The topological polar surface area (TPSA) is 81.2 Å². The molecule has 1 unspecified atom stereocenters. The van der Waals surface area contributed by atoms with Crippen molar-refractivity contribution in [2.45, 2.75) is 57.9 Å². The van der Waals surface area contributed by atoms with Gasteiger partial charge in [0.15, 0.2) is 5.69 Å². The molecule has 142 valence electrons. The SMILES string of the molecule is Cc1ccc(-n2nc(C(=O)N3CCCCC3CC(N)=O)c3c2CCC3)cc1. The van der Waals surface area contributed by atoms with Gasteiger partial charge in [0.25, 0.3) is 5.91 Å². The molecule has 1 saturated heterocycles. The van der Waals surface area contributed by atoms with Crippen LogP contribution in [0.25, 0.3) is 5.69 Å². The molecule has 27 heavy (non-hydrogen) atoms. The number of rotatable bonds is 4. The first kappa shape index (κ1) is 17.8. The number of carbonyl (C=O) groups is 2. The molecule has 6 nitrogen and oxygen atoms in total. The number of piperidine rings is 1. The van der Waals surface area contributed by atoms with Crippen molar-refractivity contribution in [1.82, 2.24) is 14.7 Å². The second-order valence-corrected chi connectivity index (χ2v) is 7.69. The minimum absolute atomic E-state index is 0.0510. The van der Waals surface area contributed by atoms with Gasteiger partial charge in [0.05, 0.1) is 5.69 Å². The monoisotopic (exact) mass is 366 g/mol. The summed E-state index contributed by atoms with van der Waals surface area (Å²) in [6.45, 7) is 2.73. The van der Waals surface area contributed by atoms with E-state index >= 15 is 0 Å². The predicted molar refractivity (Wildman–Crippen MR) is 103 cm³/mol. The van der Waals surface area contributed by atoms with Gasteiger partial charge in [-0.05, 0) is 57.6 Å². The first-order valence-electron chi connectivity index (χ1n) is 9.81. The first-order valence-corrected chi connectivity index (χ1v) is 9.81. The Morgan fingerprint density at radius 2 is 1.93 bits per heavy atom. The molecule has 1 atom stereocenters. The number of primary amides is 1. The Kier molecular flexibility index (Phi) is 4.72. The van der Waals surface area contributed by atoms with E-state index in [9.17, 15) is 9.59 Å². The van der Waals surface area contributed by atoms with Crippen molar-refractivity contribution in [3.63, 3.8) is 0 Å². The third kappa shape index (κ3) is 3.36. The zero-order valence-electron chi connectivity index (χ0n) is 15.8. The highest BCUT2D eigenvalue weighted by atomic mass is 16.2. The van der Waals surface area contributed by atoms with Gasteiger partial charge in [0.1, 0.15) is 0 Å². The fourth-order valence-corrected chi connectivity index (χ4v) is 4.36. The van der Waals surface area contributed by atoms with E-state index in [2.05, 4.69) is 19.1 Å². The number of hydrogen-bond acceptors (Lipinski definition) is 3. The Morgan fingerprint density at radius 3 is 2.67 bits per heavy atom. The van der Waals surface area contributed by atoms with Gasteiger partial charge in [0, 0.05) is 30.3 Å².